The Kier molecular flexibility index (Phi) is 6.08. The summed E-state index contributed by atoms with van der Waals surface area (Å²) < 4.78 is 117. The summed E-state index contributed by atoms with van der Waals surface area (Å²) in [5.74, 6) is -4.27. The van der Waals surface area contributed by atoms with Crippen molar-refractivity contribution in [1.82, 2.24) is 9.62 Å². The number of carbonyl (C=O) groups excluding carboxylic acids is 1. The van der Waals surface area contributed by atoms with Gasteiger partial charge in [-0.15, -0.1) is 0 Å². The topological polar surface area (TPSA) is 140 Å². The summed E-state index contributed by atoms with van der Waals surface area (Å²) in [5, 5.41) is 14.0. The number of carbonyl (C=O) groups is 1. The molecule has 0 bridgehead atoms. The first-order valence-corrected chi connectivity index (χ1v) is 13.4. The fourth-order valence-corrected chi connectivity index (χ4v) is 5.71. The molecule has 2 aromatic carbocycles. The van der Waals surface area contributed by atoms with Gasteiger partial charge in [0.2, 0.25) is 10.0 Å². The zero-order chi connectivity index (χ0) is 35.0. The Labute approximate surface area is 236 Å². The summed E-state index contributed by atoms with van der Waals surface area (Å²) in [7, 11) is -5.19. The van der Waals surface area contributed by atoms with Crippen LogP contribution in [0.5, 0.6) is 0 Å². The average molecular weight is 557 g/mol. The van der Waals surface area contributed by atoms with E-state index in [-0.39, 0.29) is 28.9 Å². The highest BCUT2D eigenvalue weighted by atomic mass is 32.2. The molecule has 4 N–H and O–H groups in total. The Balaban J connectivity index is 1.73. The van der Waals surface area contributed by atoms with Crippen molar-refractivity contribution in [2.75, 3.05) is 32.0 Å². The second-order valence-electron chi connectivity index (χ2n) is 9.07. The number of anilines is 1. The van der Waals surface area contributed by atoms with Crippen molar-refractivity contribution >= 4 is 21.8 Å². The number of alkyl carbamates (subject to hydrolysis) is 1. The number of rotatable bonds is 11. The molecular weight excluding hydrogens is 510 g/mol. The van der Waals surface area contributed by atoms with Gasteiger partial charge >= 0.3 is 6.09 Å². The second-order valence-corrected chi connectivity index (χ2v) is 10.9. The van der Waals surface area contributed by atoms with Crippen LogP contribution in [0.3, 0.4) is 0 Å². The zero-order valence-corrected chi connectivity index (χ0v) is 21.3. The van der Waals surface area contributed by atoms with Crippen LogP contribution in [0.15, 0.2) is 59.5 Å². The summed E-state index contributed by atoms with van der Waals surface area (Å²) in [4.78, 5) is 12.5. The maximum absolute atomic E-state index is 14.0. The largest absolute Gasteiger partial charge is 0.443 e. The van der Waals surface area contributed by atoms with E-state index >= 15 is 0 Å². The maximum atomic E-state index is 14.0. The molecule has 0 radical (unpaired) electrons. The van der Waals surface area contributed by atoms with Crippen LogP contribution in [0.4, 0.5) is 10.5 Å². The number of nitrogens with two attached hydrogens (primary N) is 1. The summed E-state index contributed by atoms with van der Waals surface area (Å²) in [6.07, 6.45) is -3.79. The van der Waals surface area contributed by atoms with Crippen LogP contribution in [-0.4, -0.2) is 74.7 Å². The van der Waals surface area contributed by atoms with Gasteiger partial charge in [0.25, 0.3) is 0 Å². The molecule has 2 aromatic rings. The number of ether oxygens (including phenoxy) is 3. The van der Waals surface area contributed by atoms with E-state index in [9.17, 15) is 18.3 Å². The van der Waals surface area contributed by atoms with Gasteiger partial charge in [0.05, 0.1) is 36.2 Å². The molecule has 0 saturated carbocycles. The third-order valence-corrected chi connectivity index (χ3v) is 8.06. The van der Waals surface area contributed by atoms with E-state index in [0.717, 1.165) is 12.1 Å². The van der Waals surface area contributed by atoms with Crippen molar-refractivity contribution < 1.29 is 44.9 Å². The molecule has 0 aliphatic carbocycles. The highest BCUT2D eigenvalue weighted by Crippen LogP contribution is 2.33. The molecule has 11 heteroatoms. The first kappa shape index (κ1) is 18.6. The van der Waals surface area contributed by atoms with Crippen LogP contribution < -0.4 is 11.1 Å². The van der Waals surface area contributed by atoms with Gasteiger partial charge in [-0.2, -0.15) is 4.31 Å². The number of hydrogen-bond donors (Lipinski definition) is 3. The molecule has 10 nitrogen and oxygen atoms in total. The molecule has 2 heterocycles. The lowest BCUT2D eigenvalue weighted by Gasteiger charge is -2.31. The third-order valence-electron chi connectivity index (χ3n) is 6.37. The second kappa shape index (κ2) is 12.4. The van der Waals surface area contributed by atoms with Gasteiger partial charge in [-0.1, -0.05) is 44.0 Å². The van der Waals surface area contributed by atoms with E-state index in [1.54, 1.807) is 30.3 Å². The Morgan fingerprint density at radius 3 is 2.71 bits per heavy atom. The molecule has 2 aliphatic heterocycles. The lowest BCUT2D eigenvalue weighted by Crippen LogP contribution is -2.51. The fraction of sp³-hybridized carbons (Fsp3) is 0.519. The third kappa shape index (κ3) is 7.03. The summed E-state index contributed by atoms with van der Waals surface area (Å²) in [5.41, 5.74) is 6.36. The molecular formula is C27H37N3O7S. The van der Waals surface area contributed by atoms with Crippen LogP contribution in [0.1, 0.15) is 38.0 Å². The van der Waals surface area contributed by atoms with E-state index in [2.05, 4.69) is 5.32 Å². The van der Waals surface area contributed by atoms with Crippen molar-refractivity contribution in [1.29, 1.82) is 0 Å². The number of benzene rings is 2. The summed E-state index contributed by atoms with van der Waals surface area (Å²) in [6, 6.07) is 11.3. The highest BCUT2D eigenvalue weighted by Gasteiger charge is 2.44. The average Bonchev–Trinajstić information content (AvgIpc) is 3.59. The van der Waals surface area contributed by atoms with Gasteiger partial charge < -0.3 is 30.4 Å². The van der Waals surface area contributed by atoms with Crippen molar-refractivity contribution in [3.8, 4) is 0 Å². The number of nitrogen functional groups attached to an aromatic ring is 1. The van der Waals surface area contributed by atoms with Crippen LogP contribution in [0.25, 0.3) is 0 Å². The fourth-order valence-electron chi connectivity index (χ4n) is 4.41. The standard InChI is InChI=1S/C27H37N3O7S/c1-18(2)15-30(38(33,34)21-10-8-20(28)9-11-21)16-24(31)23(14-19-6-4-3-5-7-19)29-27(32)37-25-17-36-26-22(25)12-13-35-26/h3-11,18,22-26,31H,12-17,28H2,1-2H3,(H,29,32)/t22?,23-,24+,25-,26?/m0/s1/i1D3,2D3,15D2,18D. The molecule has 5 atom stereocenters. The number of nitrogens with zero attached hydrogens (tertiary/aromatic N) is 1. The van der Waals surface area contributed by atoms with E-state index < -0.39 is 78.2 Å². The van der Waals surface area contributed by atoms with E-state index in [0.29, 0.717) is 18.6 Å². The van der Waals surface area contributed by atoms with Gasteiger partial charge in [-0.25, -0.2) is 13.2 Å². The Morgan fingerprint density at radius 1 is 1.26 bits per heavy atom. The minimum absolute atomic E-state index is 0.0539. The van der Waals surface area contributed by atoms with Gasteiger partial charge in [-0.3, -0.25) is 0 Å². The lowest BCUT2D eigenvalue weighted by atomic mass is 10.0. The number of nitrogens with one attached hydrogen (secondary N) is 1. The van der Waals surface area contributed by atoms with Gasteiger partial charge in [0, 0.05) is 31.1 Å². The quantitative estimate of drug-likeness (QED) is 0.359. The minimum atomic E-state index is -5.19. The lowest BCUT2D eigenvalue weighted by molar-refractivity contribution is -0.0907. The van der Waals surface area contributed by atoms with Gasteiger partial charge in [-0.05, 0) is 48.6 Å². The zero-order valence-electron chi connectivity index (χ0n) is 29.4. The maximum Gasteiger partial charge on any atom is 0.407 e. The van der Waals surface area contributed by atoms with Gasteiger partial charge in [0.15, 0.2) is 6.29 Å². The van der Waals surface area contributed by atoms with Crippen LogP contribution in [0.2, 0.25) is 0 Å². The number of amides is 1. The number of aliphatic hydroxyl groups excluding tert-OH is 1. The Bertz CT molecular complexity index is 1480. The summed E-state index contributed by atoms with van der Waals surface area (Å²) in [6.45, 7) is -12.6. The van der Waals surface area contributed by atoms with E-state index in [1.165, 1.54) is 12.1 Å². The Hall–Kier alpha value is -2.70. The number of aliphatic hydroxyl groups is 1. The molecule has 2 aliphatic rings. The molecule has 2 saturated heterocycles. The molecule has 2 unspecified atom stereocenters. The smallest absolute Gasteiger partial charge is 0.407 e. The molecule has 208 valence electrons. The van der Waals surface area contributed by atoms with Gasteiger partial charge in [0.1, 0.15) is 6.10 Å². The SMILES string of the molecule is [2H]C([2H])([2H])C([2H])(C([2H])([2H])[2H])C([2H])([2H])N(C[C@@H](O)[C@H](Cc1ccccc1)NC(=O)O[C@H]1COC2OCCC21)S(=O)(=O)c1ccc(N)cc1. The number of sulfonamides is 1. The highest BCUT2D eigenvalue weighted by molar-refractivity contribution is 7.89. The first-order valence-electron chi connectivity index (χ1n) is 16.5. The molecule has 4 rings (SSSR count). The predicted octanol–water partition coefficient (Wildman–Crippen LogP) is 2.38. The predicted molar refractivity (Wildman–Crippen MR) is 142 cm³/mol. The Morgan fingerprint density at radius 2 is 2.00 bits per heavy atom. The van der Waals surface area contributed by atoms with E-state index in [1.807, 2.05) is 0 Å². The van der Waals surface area contributed by atoms with E-state index in [4.69, 9.17) is 32.3 Å². The summed E-state index contributed by atoms with van der Waals surface area (Å²) >= 11 is 0. The van der Waals surface area contributed by atoms with Crippen molar-refractivity contribution in [2.24, 2.45) is 11.8 Å². The first-order chi connectivity index (χ1) is 21.7. The van der Waals surface area contributed by atoms with Crippen LogP contribution in [0, 0.1) is 11.8 Å². The normalized spacial score (nSPS) is 27.6. The van der Waals surface area contributed by atoms with Crippen LogP contribution in [-0.2, 0) is 30.7 Å². The minimum Gasteiger partial charge on any atom is -0.443 e. The number of fused-ring (bicyclic) bond motifs is 1. The van der Waals surface area contributed by atoms with Crippen LogP contribution >= 0.6 is 0 Å². The molecule has 1 amide bonds. The molecule has 0 spiro atoms. The monoisotopic (exact) mass is 556 g/mol. The number of hydrogen-bond acceptors (Lipinski definition) is 8. The molecule has 0 aromatic heterocycles. The van der Waals surface area contributed by atoms with Crippen molar-refractivity contribution in [2.45, 2.75) is 56.0 Å². The van der Waals surface area contributed by atoms with Crippen molar-refractivity contribution in [3.05, 3.63) is 60.2 Å². The van der Waals surface area contributed by atoms with Crippen molar-refractivity contribution in [3.63, 3.8) is 0 Å². The molecule has 2 fully saturated rings. The molecule has 38 heavy (non-hydrogen) atoms.